The molecule has 0 aliphatic carbocycles. The standard InChI is InChI=1S/C19H24N4O2/c1-12-7-15(8-13(2)19(12)25-3)18(24)14-5-4-6-23(10-14)17-9-16(20)21-11-22-17/h7-9,11,14H,4-6,10H2,1-3H3,(H2,20,21,22). The minimum absolute atomic E-state index is 0.0443. The van der Waals surface area contributed by atoms with Crippen LogP contribution in [0.1, 0.15) is 34.3 Å². The summed E-state index contributed by atoms with van der Waals surface area (Å²) in [5, 5.41) is 0. The average Bonchev–Trinajstić information content (AvgIpc) is 2.61. The summed E-state index contributed by atoms with van der Waals surface area (Å²) in [7, 11) is 1.66. The lowest BCUT2D eigenvalue weighted by molar-refractivity contribution is 0.0907. The minimum Gasteiger partial charge on any atom is -0.496 e. The zero-order valence-electron chi connectivity index (χ0n) is 15.0. The van der Waals surface area contributed by atoms with Crippen molar-refractivity contribution < 1.29 is 9.53 Å². The van der Waals surface area contributed by atoms with Gasteiger partial charge in [0.2, 0.25) is 0 Å². The lowest BCUT2D eigenvalue weighted by Crippen LogP contribution is -2.39. The monoisotopic (exact) mass is 340 g/mol. The number of ketones is 1. The number of piperidine rings is 1. The average molecular weight is 340 g/mol. The van der Waals surface area contributed by atoms with E-state index in [2.05, 4.69) is 14.9 Å². The van der Waals surface area contributed by atoms with E-state index < -0.39 is 0 Å². The van der Waals surface area contributed by atoms with Crippen molar-refractivity contribution in [1.29, 1.82) is 0 Å². The lowest BCUT2D eigenvalue weighted by Gasteiger charge is -2.33. The van der Waals surface area contributed by atoms with Gasteiger partial charge in [-0.25, -0.2) is 9.97 Å². The quantitative estimate of drug-likeness (QED) is 0.862. The van der Waals surface area contributed by atoms with E-state index in [4.69, 9.17) is 10.5 Å². The number of carbonyl (C=O) groups excluding carboxylic acids is 1. The third-order valence-corrected chi connectivity index (χ3v) is 4.74. The fourth-order valence-corrected chi connectivity index (χ4v) is 3.58. The number of aryl methyl sites for hydroxylation is 2. The van der Waals surface area contributed by atoms with Gasteiger partial charge in [0, 0.05) is 30.6 Å². The normalized spacial score (nSPS) is 17.4. The number of anilines is 2. The highest BCUT2D eigenvalue weighted by atomic mass is 16.5. The number of carbonyl (C=O) groups is 1. The maximum Gasteiger partial charge on any atom is 0.167 e. The highest BCUT2D eigenvalue weighted by Gasteiger charge is 2.28. The van der Waals surface area contributed by atoms with Crippen molar-refractivity contribution >= 4 is 17.4 Å². The van der Waals surface area contributed by atoms with Crippen LogP contribution in [0.2, 0.25) is 0 Å². The number of hydrogen-bond donors (Lipinski definition) is 1. The summed E-state index contributed by atoms with van der Waals surface area (Å²) in [4.78, 5) is 23.4. The van der Waals surface area contributed by atoms with Gasteiger partial charge in [-0.15, -0.1) is 0 Å². The van der Waals surface area contributed by atoms with Crippen LogP contribution in [0.5, 0.6) is 5.75 Å². The molecule has 1 aliphatic rings. The zero-order chi connectivity index (χ0) is 18.0. The fourth-order valence-electron chi connectivity index (χ4n) is 3.58. The Morgan fingerprint density at radius 2 is 1.96 bits per heavy atom. The zero-order valence-corrected chi connectivity index (χ0v) is 15.0. The number of nitrogens with zero attached hydrogens (tertiary/aromatic N) is 3. The van der Waals surface area contributed by atoms with E-state index in [-0.39, 0.29) is 11.7 Å². The Kier molecular flexibility index (Phi) is 4.88. The van der Waals surface area contributed by atoms with Crippen LogP contribution < -0.4 is 15.4 Å². The van der Waals surface area contributed by atoms with E-state index in [1.165, 1.54) is 6.33 Å². The third-order valence-electron chi connectivity index (χ3n) is 4.74. The molecular weight excluding hydrogens is 316 g/mol. The van der Waals surface area contributed by atoms with Crippen LogP contribution in [-0.4, -0.2) is 36.0 Å². The number of Topliss-reactive ketones (excluding diaryl/α,β-unsaturated/α-hetero) is 1. The maximum atomic E-state index is 13.0. The van der Waals surface area contributed by atoms with Crippen LogP contribution in [0.3, 0.4) is 0 Å². The molecule has 0 spiro atoms. The Hall–Kier alpha value is -2.63. The number of nitrogen functional groups attached to an aromatic ring is 1. The van der Waals surface area contributed by atoms with E-state index in [0.29, 0.717) is 12.4 Å². The molecule has 1 saturated heterocycles. The number of ether oxygens (including phenoxy) is 1. The van der Waals surface area contributed by atoms with Crippen LogP contribution in [0.25, 0.3) is 0 Å². The predicted molar refractivity (Wildman–Crippen MR) is 98.2 cm³/mol. The summed E-state index contributed by atoms with van der Waals surface area (Å²) in [5.41, 5.74) is 8.49. The summed E-state index contributed by atoms with van der Waals surface area (Å²) >= 11 is 0. The predicted octanol–water partition coefficient (Wildman–Crippen LogP) is 2.78. The molecule has 2 aromatic rings. The van der Waals surface area contributed by atoms with Gasteiger partial charge in [0.1, 0.15) is 23.7 Å². The second-order valence-electron chi connectivity index (χ2n) is 6.59. The first-order valence-corrected chi connectivity index (χ1v) is 8.51. The number of hydrogen-bond acceptors (Lipinski definition) is 6. The first kappa shape index (κ1) is 17.2. The van der Waals surface area contributed by atoms with E-state index >= 15 is 0 Å². The van der Waals surface area contributed by atoms with Crippen LogP contribution in [0.4, 0.5) is 11.6 Å². The Morgan fingerprint density at radius 3 is 2.60 bits per heavy atom. The lowest BCUT2D eigenvalue weighted by atomic mass is 9.88. The van der Waals surface area contributed by atoms with Crippen LogP contribution in [0, 0.1) is 19.8 Å². The Balaban J connectivity index is 1.80. The molecule has 1 aliphatic heterocycles. The highest BCUT2D eigenvalue weighted by Crippen LogP contribution is 2.29. The molecule has 2 N–H and O–H groups in total. The van der Waals surface area contributed by atoms with Crippen LogP contribution in [-0.2, 0) is 0 Å². The van der Waals surface area contributed by atoms with Gasteiger partial charge in [0.05, 0.1) is 7.11 Å². The van der Waals surface area contributed by atoms with Gasteiger partial charge in [-0.1, -0.05) is 0 Å². The van der Waals surface area contributed by atoms with Gasteiger partial charge in [-0.2, -0.15) is 0 Å². The molecule has 6 heteroatoms. The van der Waals surface area contributed by atoms with Crippen molar-refractivity contribution in [1.82, 2.24) is 9.97 Å². The molecule has 1 aromatic heterocycles. The van der Waals surface area contributed by atoms with Crippen molar-refractivity contribution in [2.45, 2.75) is 26.7 Å². The van der Waals surface area contributed by atoms with Crippen molar-refractivity contribution in [3.8, 4) is 5.75 Å². The van der Waals surface area contributed by atoms with E-state index in [1.807, 2.05) is 26.0 Å². The number of aromatic nitrogens is 2. The van der Waals surface area contributed by atoms with Gasteiger partial charge in [0.15, 0.2) is 5.78 Å². The van der Waals surface area contributed by atoms with Crippen LogP contribution >= 0.6 is 0 Å². The first-order valence-electron chi connectivity index (χ1n) is 8.51. The van der Waals surface area contributed by atoms with Crippen molar-refractivity contribution in [3.05, 3.63) is 41.2 Å². The molecule has 3 rings (SSSR count). The molecular formula is C19H24N4O2. The highest BCUT2D eigenvalue weighted by molar-refractivity contribution is 5.99. The van der Waals surface area contributed by atoms with E-state index in [9.17, 15) is 4.79 Å². The molecule has 132 valence electrons. The van der Waals surface area contributed by atoms with Gasteiger partial charge in [-0.05, 0) is 49.9 Å². The molecule has 1 atom stereocenters. The Labute approximate surface area is 148 Å². The molecule has 25 heavy (non-hydrogen) atoms. The maximum absolute atomic E-state index is 13.0. The largest absolute Gasteiger partial charge is 0.496 e. The molecule has 0 bridgehead atoms. The summed E-state index contributed by atoms with van der Waals surface area (Å²) < 4.78 is 5.40. The van der Waals surface area contributed by atoms with E-state index in [0.717, 1.165) is 47.6 Å². The fraction of sp³-hybridized carbons (Fsp3) is 0.421. The number of methoxy groups -OCH3 is 1. The third kappa shape index (κ3) is 3.57. The Morgan fingerprint density at radius 1 is 1.24 bits per heavy atom. The van der Waals surface area contributed by atoms with Gasteiger partial charge in [-0.3, -0.25) is 4.79 Å². The molecule has 2 heterocycles. The molecule has 1 fully saturated rings. The topological polar surface area (TPSA) is 81.3 Å². The molecule has 1 aromatic carbocycles. The van der Waals surface area contributed by atoms with Crippen molar-refractivity contribution in [3.63, 3.8) is 0 Å². The van der Waals surface area contributed by atoms with Crippen molar-refractivity contribution in [2.75, 3.05) is 30.8 Å². The minimum atomic E-state index is -0.0443. The van der Waals surface area contributed by atoms with Gasteiger partial charge >= 0.3 is 0 Å². The number of nitrogens with two attached hydrogens (primary N) is 1. The summed E-state index contributed by atoms with van der Waals surface area (Å²) in [6.45, 7) is 5.47. The number of rotatable bonds is 4. The van der Waals surface area contributed by atoms with Crippen molar-refractivity contribution in [2.24, 2.45) is 5.92 Å². The molecule has 0 saturated carbocycles. The second-order valence-corrected chi connectivity index (χ2v) is 6.59. The molecule has 1 unspecified atom stereocenters. The molecule has 0 amide bonds. The van der Waals surface area contributed by atoms with Gasteiger partial charge in [0.25, 0.3) is 0 Å². The SMILES string of the molecule is COc1c(C)cc(C(=O)C2CCCN(c3cc(N)ncn3)C2)cc1C. The van der Waals surface area contributed by atoms with Gasteiger partial charge < -0.3 is 15.4 Å². The van der Waals surface area contributed by atoms with E-state index in [1.54, 1.807) is 13.2 Å². The summed E-state index contributed by atoms with van der Waals surface area (Å²) in [6, 6.07) is 5.61. The summed E-state index contributed by atoms with van der Waals surface area (Å²) in [6.07, 6.45) is 3.31. The van der Waals surface area contributed by atoms with Crippen LogP contribution in [0.15, 0.2) is 24.5 Å². The molecule has 0 radical (unpaired) electrons. The number of benzene rings is 1. The smallest absolute Gasteiger partial charge is 0.167 e. The summed E-state index contributed by atoms with van der Waals surface area (Å²) in [5.74, 6) is 2.21. The second kappa shape index (κ2) is 7.09. The Bertz CT molecular complexity index is 768. The molecule has 6 nitrogen and oxygen atoms in total. The first-order chi connectivity index (χ1) is 12.0.